The van der Waals surface area contributed by atoms with Crippen molar-refractivity contribution in [2.45, 2.75) is 33.2 Å². The number of carbonyl (C=O) groups is 2. The molecule has 0 aliphatic carbocycles. The Kier molecular flexibility index (Phi) is 6.29. The number of nitrogens with one attached hydrogen (secondary N) is 2. The van der Waals surface area contributed by atoms with Crippen molar-refractivity contribution in [1.29, 1.82) is 0 Å². The molecular formula is C21H27N3O3. The number of amides is 2. The number of carbonyl (C=O) groups excluding carboxylic acids is 2. The number of piperidine rings is 1. The van der Waals surface area contributed by atoms with Gasteiger partial charge in [-0.2, -0.15) is 0 Å². The zero-order valence-electron chi connectivity index (χ0n) is 16.0. The summed E-state index contributed by atoms with van der Waals surface area (Å²) in [4.78, 5) is 26.7. The molecule has 1 fully saturated rings. The van der Waals surface area contributed by atoms with Crippen molar-refractivity contribution in [2.75, 3.05) is 25.0 Å². The summed E-state index contributed by atoms with van der Waals surface area (Å²) in [5, 5.41) is 5.88. The fourth-order valence-electron chi connectivity index (χ4n) is 3.31. The van der Waals surface area contributed by atoms with E-state index < -0.39 is 0 Å². The molecule has 1 aliphatic rings. The van der Waals surface area contributed by atoms with Crippen LogP contribution in [-0.4, -0.2) is 36.3 Å². The van der Waals surface area contributed by atoms with Gasteiger partial charge in [-0.25, -0.2) is 0 Å². The van der Waals surface area contributed by atoms with Crippen molar-refractivity contribution >= 4 is 17.5 Å². The number of aryl methyl sites for hydroxylation is 2. The molecule has 2 amide bonds. The summed E-state index contributed by atoms with van der Waals surface area (Å²) >= 11 is 0. The number of nitrogens with zero attached hydrogens (tertiary/aromatic N) is 1. The van der Waals surface area contributed by atoms with Crippen LogP contribution >= 0.6 is 0 Å². The molecule has 0 spiro atoms. The fourth-order valence-corrected chi connectivity index (χ4v) is 3.31. The third kappa shape index (κ3) is 5.44. The van der Waals surface area contributed by atoms with Gasteiger partial charge in [0, 0.05) is 11.6 Å². The van der Waals surface area contributed by atoms with Gasteiger partial charge in [0.2, 0.25) is 11.8 Å². The van der Waals surface area contributed by atoms with Crippen LogP contribution in [0.25, 0.3) is 0 Å². The number of hydrogen-bond acceptors (Lipinski definition) is 4. The molecule has 1 aliphatic heterocycles. The molecule has 0 unspecified atom stereocenters. The van der Waals surface area contributed by atoms with Crippen LogP contribution in [0.2, 0.25) is 0 Å². The summed E-state index contributed by atoms with van der Waals surface area (Å²) in [6.45, 7) is 6.36. The van der Waals surface area contributed by atoms with Crippen molar-refractivity contribution < 1.29 is 14.0 Å². The highest BCUT2D eigenvalue weighted by Crippen LogP contribution is 2.18. The maximum Gasteiger partial charge on any atom is 0.238 e. The van der Waals surface area contributed by atoms with Crippen LogP contribution in [0.4, 0.5) is 5.69 Å². The van der Waals surface area contributed by atoms with Gasteiger partial charge in [-0.1, -0.05) is 6.07 Å². The van der Waals surface area contributed by atoms with Gasteiger partial charge in [0.25, 0.3) is 0 Å². The summed E-state index contributed by atoms with van der Waals surface area (Å²) in [6, 6.07) is 9.58. The first-order valence-corrected chi connectivity index (χ1v) is 9.41. The molecule has 2 N–H and O–H groups in total. The summed E-state index contributed by atoms with van der Waals surface area (Å²) in [7, 11) is 0. The molecular weight excluding hydrogens is 342 g/mol. The van der Waals surface area contributed by atoms with Crippen LogP contribution in [-0.2, 0) is 16.1 Å². The van der Waals surface area contributed by atoms with Crippen LogP contribution in [0.1, 0.15) is 29.7 Å². The number of benzene rings is 1. The Morgan fingerprint density at radius 3 is 2.59 bits per heavy atom. The predicted molar refractivity (Wildman–Crippen MR) is 104 cm³/mol. The van der Waals surface area contributed by atoms with Gasteiger partial charge in [-0.05, 0) is 75.2 Å². The maximum atomic E-state index is 12.3. The maximum absolute atomic E-state index is 12.3. The van der Waals surface area contributed by atoms with E-state index in [0.717, 1.165) is 42.9 Å². The van der Waals surface area contributed by atoms with Gasteiger partial charge in [0.15, 0.2) is 0 Å². The molecule has 0 atom stereocenters. The lowest BCUT2D eigenvalue weighted by Gasteiger charge is -2.30. The zero-order valence-corrected chi connectivity index (χ0v) is 16.0. The predicted octanol–water partition coefficient (Wildman–Crippen LogP) is 2.86. The minimum Gasteiger partial charge on any atom is -0.467 e. The first-order valence-electron chi connectivity index (χ1n) is 9.41. The van der Waals surface area contributed by atoms with Gasteiger partial charge < -0.3 is 15.1 Å². The Morgan fingerprint density at radius 2 is 1.93 bits per heavy atom. The first kappa shape index (κ1) is 19.2. The highest BCUT2D eigenvalue weighted by atomic mass is 16.3. The van der Waals surface area contributed by atoms with Crippen molar-refractivity contribution in [3.63, 3.8) is 0 Å². The second-order valence-corrected chi connectivity index (χ2v) is 7.19. The second-order valence-electron chi connectivity index (χ2n) is 7.19. The van der Waals surface area contributed by atoms with E-state index in [0.29, 0.717) is 13.1 Å². The highest BCUT2D eigenvalue weighted by molar-refractivity contribution is 5.92. The molecule has 2 aromatic rings. The van der Waals surface area contributed by atoms with E-state index >= 15 is 0 Å². The van der Waals surface area contributed by atoms with E-state index in [1.807, 2.05) is 37.3 Å². The summed E-state index contributed by atoms with van der Waals surface area (Å²) in [5.74, 6) is 0.799. The van der Waals surface area contributed by atoms with Crippen LogP contribution in [0.15, 0.2) is 41.0 Å². The molecule has 0 radical (unpaired) electrons. The quantitative estimate of drug-likeness (QED) is 0.821. The highest BCUT2D eigenvalue weighted by Gasteiger charge is 2.25. The Balaban J connectivity index is 1.40. The molecule has 0 saturated carbocycles. The third-order valence-corrected chi connectivity index (χ3v) is 5.13. The van der Waals surface area contributed by atoms with Crippen LogP contribution in [0.5, 0.6) is 0 Å². The topological polar surface area (TPSA) is 74.6 Å². The average molecular weight is 369 g/mol. The number of rotatable bonds is 6. The zero-order chi connectivity index (χ0) is 19.2. The Bertz CT molecular complexity index is 778. The molecule has 1 aromatic carbocycles. The lowest BCUT2D eigenvalue weighted by molar-refractivity contribution is -0.126. The number of furan rings is 1. The normalized spacial score (nSPS) is 15.5. The van der Waals surface area contributed by atoms with E-state index in [1.54, 1.807) is 6.26 Å². The fraction of sp³-hybridized carbons (Fsp3) is 0.429. The van der Waals surface area contributed by atoms with E-state index in [1.165, 1.54) is 5.56 Å². The minimum absolute atomic E-state index is 0.000906. The van der Waals surface area contributed by atoms with Gasteiger partial charge >= 0.3 is 0 Å². The molecule has 1 aromatic heterocycles. The molecule has 2 heterocycles. The monoisotopic (exact) mass is 369 g/mol. The average Bonchev–Trinajstić information content (AvgIpc) is 3.17. The van der Waals surface area contributed by atoms with E-state index in [-0.39, 0.29) is 17.7 Å². The largest absolute Gasteiger partial charge is 0.467 e. The Labute approximate surface area is 159 Å². The van der Waals surface area contributed by atoms with Gasteiger partial charge in [0.1, 0.15) is 5.76 Å². The lowest BCUT2D eigenvalue weighted by atomic mass is 9.96. The molecule has 0 bridgehead atoms. The van der Waals surface area contributed by atoms with Crippen molar-refractivity contribution in [3.05, 3.63) is 53.5 Å². The molecule has 27 heavy (non-hydrogen) atoms. The molecule has 6 heteroatoms. The Hall–Kier alpha value is -2.60. The number of likely N-dealkylation sites (tertiary alicyclic amines) is 1. The second kappa shape index (κ2) is 8.86. The van der Waals surface area contributed by atoms with Crippen molar-refractivity contribution in [1.82, 2.24) is 10.2 Å². The van der Waals surface area contributed by atoms with E-state index in [2.05, 4.69) is 22.5 Å². The van der Waals surface area contributed by atoms with Crippen LogP contribution in [0.3, 0.4) is 0 Å². The van der Waals surface area contributed by atoms with Gasteiger partial charge in [-0.15, -0.1) is 0 Å². The van der Waals surface area contributed by atoms with Gasteiger partial charge in [-0.3, -0.25) is 14.5 Å². The molecule has 144 valence electrons. The standard InChI is InChI=1S/C21H27N3O3/c1-15-5-6-18(12-16(15)2)23-20(25)14-24-9-7-17(8-10-24)21(26)22-13-19-4-3-11-27-19/h3-6,11-12,17H,7-10,13-14H2,1-2H3,(H,22,26)(H,23,25). The summed E-state index contributed by atoms with van der Waals surface area (Å²) in [5.41, 5.74) is 3.20. The number of anilines is 1. The SMILES string of the molecule is Cc1ccc(NC(=O)CN2CCC(C(=O)NCc3ccco3)CC2)cc1C. The summed E-state index contributed by atoms with van der Waals surface area (Å²) in [6.07, 6.45) is 3.13. The molecule has 6 nitrogen and oxygen atoms in total. The molecule has 1 saturated heterocycles. The van der Waals surface area contributed by atoms with Crippen LogP contribution < -0.4 is 10.6 Å². The van der Waals surface area contributed by atoms with Gasteiger partial charge in [0.05, 0.1) is 19.4 Å². The first-order chi connectivity index (χ1) is 13.0. The summed E-state index contributed by atoms with van der Waals surface area (Å²) < 4.78 is 5.23. The number of hydrogen-bond donors (Lipinski definition) is 2. The lowest BCUT2D eigenvalue weighted by Crippen LogP contribution is -2.43. The Morgan fingerprint density at radius 1 is 1.15 bits per heavy atom. The van der Waals surface area contributed by atoms with Crippen LogP contribution in [0, 0.1) is 19.8 Å². The van der Waals surface area contributed by atoms with Crippen molar-refractivity contribution in [3.8, 4) is 0 Å². The third-order valence-electron chi connectivity index (χ3n) is 5.13. The smallest absolute Gasteiger partial charge is 0.238 e. The minimum atomic E-state index is -0.0148. The van der Waals surface area contributed by atoms with Crippen molar-refractivity contribution in [2.24, 2.45) is 5.92 Å². The van der Waals surface area contributed by atoms with E-state index in [4.69, 9.17) is 4.42 Å². The molecule has 3 rings (SSSR count). The van der Waals surface area contributed by atoms with E-state index in [9.17, 15) is 9.59 Å².